The van der Waals surface area contributed by atoms with Crippen molar-refractivity contribution in [1.29, 1.82) is 0 Å². The van der Waals surface area contributed by atoms with Crippen molar-refractivity contribution in [2.24, 2.45) is 0 Å². The Morgan fingerprint density at radius 2 is 1.80 bits per heavy atom. The lowest BCUT2D eigenvalue weighted by Gasteiger charge is -2.07. The molecule has 1 aromatic carbocycles. The summed E-state index contributed by atoms with van der Waals surface area (Å²) in [4.78, 5) is 10.3. The summed E-state index contributed by atoms with van der Waals surface area (Å²) in [7, 11) is 0. The number of benzene rings is 1. The van der Waals surface area contributed by atoms with Crippen LogP contribution in [0.4, 0.5) is 13.2 Å². The Balaban J connectivity index is 2.81. The minimum atomic E-state index is -4.32. The van der Waals surface area contributed by atoms with Crippen LogP contribution in [0, 0.1) is 0 Å². The molecule has 0 saturated carbocycles. The molecule has 0 atom stereocenters. The average molecular weight is 214 g/mol. The Hall–Kier alpha value is -1.58. The van der Waals surface area contributed by atoms with E-state index in [2.05, 4.69) is 6.58 Å². The topological polar surface area (TPSA) is 17.1 Å². The molecule has 0 aliphatic rings. The first-order chi connectivity index (χ1) is 6.93. The molecular weight excluding hydrogens is 205 g/mol. The summed E-state index contributed by atoms with van der Waals surface area (Å²) in [5, 5.41) is 0. The summed E-state index contributed by atoms with van der Waals surface area (Å²) < 4.78 is 36.5. The van der Waals surface area contributed by atoms with Crippen LogP contribution in [0.1, 0.15) is 11.1 Å². The zero-order valence-electron chi connectivity index (χ0n) is 7.84. The molecule has 1 nitrogen and oxygen atoms in total. The monoisotopic (exact) mass is 214 g/mol. The molecule has 0 aliphatic heterocycles. The molecule has 80 valence electrons. The van der Waals surface area contributed by atoms with E-state index < -0.39 is 11.7 Å². The van der Waals surface area contributed by atoms with Gasteiger partial charge in [0.2, 0.25) is 0 Å². The summed E-state index contributed by atoms with van der Waals surface area (Å²) in [6, 6.07) is 4.68. The van der Waals surface area contributed by atoms with Gasteiger partial charge in [0.1, 0.15) is 6.29 Å². The number of halogens is 3. The zero-order valence-corrected chi connectivity index (χ0v) is 7.84. The van der Waals surface area contributed by atoms with E-state index in [1.165, 1.54) is 12.1 Å². The molecule has 0 N–H and O–H groups in total. The standard InChI is InChI=1S/C11H9F3O/c1-8(7-15)6-9-2-4-10(5-3-9)11(12,13)14/h2-5,7H,1,6H2. The lowest BCUT2D eigenvalue weighted by Crippen LogP contribution is -2.04. The minimum Gasteiger partial charge on any atom is -0.298 e. The van der Waals surface area contributed by atoms with Gasteiger partial charge in [0.05, 0.1) is 5.56 Å². The van der Waals surface area contributed by atoms with E-state index >= 15 is 0 Å². The van der Waals surface area contributed by atoms with Crippen molar-refractivity contribution in [3.05, 3.63) is 47.5 Å². The van der Waals surface area contributed by atoms with E-state index in [0.717, 1.165) is 12.1 Å². The van der Waals surface area contributed by atoms with Crippen molar-refractivity contribution >= 4 is 6.29 Å². The van der Waals surface area contributed by atoms with Crippen LogP contribution in [-0.4, -0.2) is 6.29 Å². The predicted octanol–water partition coefficient (Wildman–Crippen LogP) is 3.00. The van der Waals surface area contributed by atoms with Crippen molar-refractivity contribution in [2.45, 2.75) is 12.6 Å². The summed E-state index contributed by atoms with van der Waals surface area (Å²) in [6.07, 6.45) is -3.44. The van der Waals surface area contributed by atoms with Crippen LogP contribution < -0.4 is 0 Å². The fourth-order valence-electron chi connectivity index (χ4n) is 1.12. The maximum Gasteiger partial charge on any atom is 0.416 e. The highest BCUT2D eigenvalue weighted by molar-refractivity contribution is 5.72. The van der Waals surface area contributed by atoms with Crippen LogP contribution in [0.2, 0.25) is 0 Å². The molecule has 15 heavy (non-hydrogen) atoms. The van der Waals surface area contributed by atoms with Gasteiger partial charge in [-0.2, -0.15) is 13.2 Å². The molecule has 0 aromatic heterocycles. The average Bonchev–Trinajstić information content (AvgIpc) is 2.17. The predicted molar refractivity (Wildman–Crippen MR) is 50.4 cm³/mol. The summed E-state index contributed by atoms with van der Waals surface area (Å²) >= 11 is 0. The second kappa shape index (κ2) is 4.29. The van der Waals surface area contributed by atoms with Gasteiger partial charge in [0, 0.05) is 6.42 Å². The van der Waals surface area contributed by atoms with Crippen LogP contribution in [0.15, 0.2) is 36.4 Å². The zero-order chi connectivity index (χ0) is 11.5. The van der Waals surface area contributed by atoms with Gasteiger partial charge in [0.25, 0.3) is 0 Å². The van der Waals surface area contributed by atoms with Crippen molar-refractivity contribution < 1.29 is 18.0 Å². The van der Waals surface area contributed by atoms with Crippen molar-refractivity contribution in [3.8, 4) is 0 Å². The molecule has 0 fully saturated rings. The van der Waals surface area contributed by atoms with Crippen LogP contribution >= 0.6 is 0 Å². The number of aldehydes is 1. The molecule has 0 aliphatic carbocycles. The van der Waals surface area contributed by atoms with Crippen molar-refractivity contribution in [1.82, 2.24) is 0 Å². The second-order valence-electron chi connectivity index (χ2n) is 3.15. The molecule has 0 unspecified atom stereocenters. The van der Waals surface area contributed by atoms with E-state index in [-0.39, 0.29) is 6.42 Å². The Morgan fingerprint density at radius 3 is 2.20 bits per heavy atom. The highest BCUT2D eigenvalue weighted by atomic mass is 19.4. The number of allylic oxidation sites excluding steroid dienone is 1. The molecule has 1 aromatic rings. The van der Waals surface area contributed by atoms with Crippen molar-refractivity contribution in [2.75, 3.05) is 0 Å². The van der Waals surface area contributed by atoms with Gasteiger partial charge >= 0.3 is 6.18 Å². The molecule has 0 amide bonds. The van der Waals surface area contributed by atoms with E-state index in [1.54, 1.807) is 0 Å². The Morgan fingerprint density at radius 1 is 1.27 bits per heavy atom. The summed E-state index contributed by atoms with van der Waals surface area (Å²) in [5.74, 6) is 0. The maximum absolute atomic E-state index is 12.2. The molecule has 0 spiro atoms. The highest BCUT2D eigenvalue weighted by Crippen LogP contribution is 2.29. The number of hydrogen-bond donors (Lipinski definition) is 0. The fraction of sp³-hybridized carbons (Fsp3) is 0.182. The van der Waals surface area contributed by atoms with Gasteiger partial charge in [-0.05, 0) is 23.3 Å². The number of carbonyl (C=O) groups excluding carboxylic acids is 1. The largest absolute Gasteiger partial charge is 0.416 e. The molecule has 0 bridgehead atoms. The van der Waals surface area contributed by atoms with E-state index in [1.807, 2.05) is 0 Å². The maximum atomic E-state index is 12.2. The smallest absolute Gasteiger partial charge is 0.298 e. The van der Waals surface area contributed by atoms with Crippen molar-refractivity contribution in [3.63, 3.8) is 0 Å². The Labute approximate surface area is 85.2 Å². The third kappa shape index (κ3) is 3.23. The third-order valence-electron chi connectivity index (χ3n) is 1.88. The first-order valence-corrected chi connectivity index (χ1v) is 4.22. The summed E-state index contributed by atoms with van der Waals surface area (Å²) in [5.41, 5.74) is 0.290. The molecule has 0 radical (unpaired) electrons. The van der Waals surface area contributed by atoms with Crippen LogP contribution in [0.5, 0.6) is 0 Å². The lowest BCUT2D eigenvalue weighted by atomic mass is 10.1. The van der Waals surface area contributed by atoms with Crippen LogP contribution in [0.25, 0.3) is 0 Å². The van der Waals surface area contributed by atoms with Gasteiger partial charge in [-0.1, -0.05) is 18.7 Å². The quantitative estimate of drug-likeness (QED) is 0.558. The Kier molecular flexibility index (Phi) is 3.29. The van der Waals surface area contributed by atoms with Gasteiger partial charge in [-0.3, -0.25) is 4.79 Å². The third-order valence-corrected chi connectivity index (χ3v) is 1.88. The molecule has 0 saturated heterocycles. The fourth-order valence-corrected chi connectivity index (χ4v) is 1.12. The molecule has 4 heteroatoms. The van der Waals surface area contributed by atoms with E-state index in [0.29, 0.717) is 17.4 Å². The van der Waals surface area contributed by atoms with E-state index in [4.69, 9.17) is 0 Å². The van der Waals surface area contributed by atoms with E-state index in [9.17, 15) is 18.0 Å². The molecule has 1 rings (SSSR count). The highest BCUT2D eigenvalue weighted by Gasteiger charge is 2.29. The number of hydrogen-bond acceptors (Lipinski definition) is 1. The second-order valence-corrected chi connectivity index (χ2v) is 3.15. The van der Waals surface area contributed by atoms with Gasteiger partial charge in [-0.15, -0.1) is 0 Å². The SMILES string of the molecule is C=C(C=O)Cc1ccc(C(F)(F)F)cc1. The number of alkyl halides is 3. The normalized spacial score (nSPS) is 11.1. The number of rotatable bonds is 3. The van der Waals surface area contributed by atoms with Crippen LogP contribution in [-0.2, 0) is 17.4 Å². The number of carbonyl (C=O) groups is 1. The van der Waals surface area contributed by atoms with Gasteiger partial charge in [-0.25, -0.2) is 0 Å². The Bertz CT molecular complexity index is 362. The summed E-state index contributed by atoms with van der Waals surface area (Å²) in [6.45, 7) is 3.45. The molecule has 0 heterocycles. The van der Waals surface area contributed by atoms with Gasteiger partial charge < -0.3 is 0 Å². The molecular formula is C11H9F3O. The van der Waals surface area contributed by atoms with Gasteiger partial charge in [0.15, 0.2) is 0 Å². The van der Waals surface area contributed by atoms with Crippen LogP contribution in [0.3, 0.4) is 0 Å². The first-order valence-electron chi connectivity index (χ1n) is 4.22. The minimum absolute atomic E-state index is 0.279. The lowest BCUT2D eigenvalue weighted by molar-refractivity contribution is -0.137. The first kappa shape index (κ1) is 11.5.